The molecule has 0 radical (unpaired) electrons. The molecule has 5 nitrogen and oxygen atoms in total. The highest BCUT2D eigenvalue weighted by molar-refractivity contribution is 7.71. The smallest absolute Gasteiger partial charge is 0.216 e. The van der Waals surface area contributed by atoms with Crippen molar-refractivity contribution in [3.8, 4) is 0 Å². The summed E-state index contributed by atoms with van der Waals surface area (Å²) >= 11 is 5.39. The van der Waals surface area contributed by atoms with Gasteiger partial charge in [0.25, 0.3) is 0 Å². The van der Waals surface area contributed by atoms with E-state index >= 15 is 0 Å². The highest BCUT2D eigenvalue weighted by Crippen LogP contribution is 2.29. The molecule has 0 spiro atoms. The second-order valence-electron chi connectivity index (χ2n) is 6.68. The van der Waals surface area contributed by atoms with E-state index in [-0.39, 0.29) is 6.10 Å². The molecule has 0 bridgehead atoms. The van der Waals surface area contributed by atoms with Crippen LogP contribution in [0.15, 0.2) is 59.7 Å². The average molecular weight is 374 g/mol. The molecule has 1 fully saturated rings. The van der Waals surface area contributed by atoms with Crippen LogP contribution < -0.4 is 0 Å². The molecule has 2 heterocycles. The van der Waals surface area contributed by atoms with Gasteiger partial charge < -0.3 is 4.74 Å². The molecule has 0 amide bonds. The minimum Gasteiger partial charge on any atom is -0.370 e. The van der Waals surface area contributed by atoms with E-state index in [2.05, 4.69) is 64.8 Å². The summed E-state index contributed by atoms with van der Waals surface area (Å²) in [5, 5.41) is 16.6. The van der Waals surface area contributed by atoms with Gasteiger partial charge in [0.1, 0.15) is 6.10 Å². The number of hydrogen-bond donors (Lipinski definition) is 1. The Labute approximate surface area is 161 Å². The first-order valence-corrected chi connectivity index (χ1v) is 9.46. The molecule has 0 unspecified atom stereocenters. The zero-order valence-electron chi connectivity index (χ0n) is 14.6. The molecule has 27 heavy (non-hydrogen) atoms. The summed E-state index contributed by atoms with van der Waals surface area (Å²) in [6, 6.07) is 18.9. The third kappa shape index (κ3) is 2.87. The van der Waals surface area contributed by atoms with Gasteiger partial charge in [0.15, 0.2) is 5.82 Å². The fourth-order valence-electron chi connectivity index (χ4n) is 3.71. The van der Waals surface area contributed by atoms with Crippen molar-refractivity contribution >= 4 is 40.0 Å². The summed E-state index contributed by atoms with van der Waals surface area (Å²) in [7, 11) is 0. The van der Waals surface area contributed by atoms with E-state index in [1.807, 2.05) is 6.21 Å². The topological polar surface area (TPSA) is 55.2 Å². The lowest BCUT2D eigenvalue weighted by Crippen LogP contribution is -2.05. The van der Waals surface area contributed by atoms with Crippen LogP contribution >= 0.6 is 12.2 Å². The third-order valence-electron chi connectivity index (χ3n) is 5.01. The standard InChI is InChI=1S/C21H18N4OS/c27-21-24-23-20(19-10-5-11-26-19)25(21)22-13-18-16-8-3-1-6-14(16)12-15-7-2-4-9-17(15)18/h1-4,6-9,12-13,19H,5,10-11H2,(H,24,27)/b22-13-/t19-/m0/s1. The normalized spacial score (nSPS) is 17.4. The second kappa shape index (κ2) is 6.72. The summed E-state index contributed by atoms with van der Waals surface area (Å²) in [5.74, 6) is 0.735. The number of nitrogens with zero attached hydrogens (tertiary/aromatic N) is 3. The van der Waals surface area contributed by atoms with Crippen molar-refractivity contribution in [2.75, 3.05) is 6.61 Å². The molecule has 1 aliphatic rings. The molecule has 6 heteroatoms. The van der Waals surface area contributed by atoms with Crippen LogP contribution in [0.1, 0.15) is 30.3 Å². The van der Waals surface area contributed by atoms with Crippen LogP contribution in [0.3, 0.4) is 0 Å². The molecule has 1 saturated heterocycles. The Hall–Kier alpha value is -2.83. The van der Waals surface area contributed by atoms with Gasteiger partial charge in [-0.15, -0.1) is 0 Å². The Morgan fingerprint density at radius 2 is 1.81 bits per heavy atom. The molecular weight excluding hydrogens is 356 g/mol. The third-order valence-corrected chi connectivity index (χ3v) is 5.27. The van der Waals surface area contributed by atoms with Gasteiger partial charge in [0.2, 0.25) is 4.77 Å². The van der Waals surface area contributed by atoms with Crippen LogP contribution in [0.25, 0.3) is 21.5 Å². The highest BCUT2D eigenvalue weighted by Gasteiger charge is 2.23. The van der Waals surface area contributed by atoms with Crippen LogP contribution in [0.4, 0.5) is 0 Å². The number of ether oxygens (including phenoxy) is 1. The van der Waals surface area contributed by atoms with Crippen LogP contribution in [-0.4, -0.2) is 27.7 Å². The molecule has 1 N–H and O–H groups in total. The first-order chi connectivity index (χ1) is 13.3. The van der Waals surface area contributed by atoms with Crippen LogP contribution in [0.5, 0.6) is 0 Å². The quantitative estimate of drug-likeness (QED) is 0.313. The molecule has 3 aromatic carbocycles. The van der Waals surface area contributed by atoms with Crippen molar-refractivity contribution in [3.05, 3.63) is 70.8 Å². The Morgan fingerprint density at radius 1 is 1.11 bits per heavy atom. The first-order valence-electron chi connectivity index (χ1n) is 9.05. The number of nitrogens with one attached hydrogen (secondary N) is 1. The lowest BCUT2D eigenvalue weighted by Gasteiger charge is -2.09. The number of aromatic amines is 1. The molecule has 0 saturated carbocycles. The zero-order chi connectivity index (χ0) is 18.2. The van der Waals surface area contributed by atoms with Crippen LogP contribution in [-0.2, 0) is 4.74 Å². The Balaban J connectivity index is 1.68. The predicted molar refractivity (Wildman–Crippen MR) is 110 cm³/mol. The second-order valence-corrected chi connectivity index (χ2v) is 7.06. The molecule has 0 aliphatic carbocycles. The number of rotatable bonds is 3. The van der Waals surface area contributed by atoms with Crippen molar-refractivity contribution in [2.45, 2.75) is 18.9 Å². The van der Waals surface area contributed by atoms with Crippen molar-refractivity contribution in [2.24, 2.45) is 5.10 Å². The minimum atomic E-state index is -0.0561. The van der Waals surface area contributed by atoms with Gasteiger partial charge in [0.05, 0.1) is 6.21 Å². The lowest BCUT2D eigenvalue weighted by molar-refractivity contribution is 0.102. The number of benzene rings is 3. The molecule has 1 aliphatic heterocycles. The van der Waals surface area contributed by atoms with E-state index < -0.39 is 0 Å². The largest absolute Gasteiger partial charge is 0.370 e. The van der Waals surface area contributed by atoms with Gasteiger partial charge in [0, 0.05) is 12.2 Å². The zero-order valence-corrected chi connectivity index (χ0v) is 15.4. The molecule has 134 valence electrons. The molecule has 1 aromatic heterocycles. The van der Waals surface area contributed by atoms with Crippen molar-refractivity contribution in [1.29, 1.82) is 0 Å². The van der Waals surface area contributed by atoms with E-state index in [0.29, 0.717) is 4.77 Å². The highest BCUT2D eigenvalue weighted by atomic mass is 32.1. The minimum absolute atomic E-state index is 0.0561. The SMILES string of the molecule is S=c1[nH]nc([C@@H]2CCCO2)n1/N=C\c1c2ccccc2cc2ccccc12. The number of H-pyrrole nitrogens is 1. The molecule has 5 rings (SSSR count). The van der Waals surface area contributed by atoms with Gasteiger partial charge in [-0.2, -0.15) is 14.9 Å². The Morgan fingerprint density at radius 3 is 2.48 bits per heavy atom. The summed E-state index contributed by atoms with van der Waals surface area (Å²) in [5.41, 5.74) is 1.07. The number of aromatic nitrogens is 3. The summed E-state index contributed by atoms with van der Waals surface area (Å²) in [6.45, 7) is 0.752. The summed E-state index contributed by atoms with van der Waals surface area (Å²) in [6.07, 6.45) is 3.79. The molecule has 4 aromatic rings. The monoisotopic (exact) mass is 374 g/mol. The van der Waals surface area contributed by atoms with Gasteiger partial charge >= 0.3 is 0 Å². The molecule has 1 atom stereocenters. The maximum Gasteiger partial charge on any atom is 0.216 e. The van der Waals surface area contributed by atoms with E-state index in [4.69, 9.17) is 22.1 Å². The Kier molecular flexibility index (Phi) is 4.07. The van der Waals surface area contributed by atoms with Crippen LogP contribution in [0, 0.1) is 4.77 Å². The van der Waals surface area contributed by atoms with E-state index in [9.17, 15) is 0 Å². The number of hydrogen-bond acceptors (Lipinski definition) is 4. The van der Waals surface area contributed by atoms with E-state index in [1.54, 1.807) is 4.68 Å². The van der Waals surface area contributed by atoms with Crippen molar-refractivity contribution in [1.82, 2.24) is 14.9 Å². The lowest BCUT2D eigenvalue weighted by atomic mass is 9.97. The number of fused-ring (bicyclic) bond motifs is 2. The summed E-state index contributed by atoms with van der Waals surface area (Å²) < 4.78 is 7.92. The van der Waals surface area contributed by atoms with Crippen molar-refractivity contribution < 1.29 is 4.74 Å². The van der Waals surface area contributed by atoms with Gasteiger partial charge in [-0.3, -0.25) is 5.10 Å². The van der Waals surface area contributed by atoms with Crippen molar-refractivity contribution in [3.63, 3.8) is 0 Å². The summed E-state index contributed by atoms with van der Waals surface area (Å²) in [4.78, 5) is 0. The van der Waals surface area contributed by atoms with E-state index in [0.717, 1.165) is 41.6 Å². The average Bonchev–Trinajstić information content (AvgIpc) is 3.35. The fraction of sp³-hybridized carbons (Fsp3) is 0.190. The molecular formula is C21H18N4OS. The first kappa shape index (κ1) is 16.4. The fourth-order valence-corrected chi connectivity index (χ4v) is 3.89. The van der Waals surface area contributed by atoms with E-state index in [1.165, 1.54) is 10.8 Å². The predicted octanol–water partition coefficient (Wildman–Crippen LogP) is 4.98. The maximum atomic E-state index is 5.76. The Bertz CT molecular complexity index is 1160. The van der Waals surface area contributed by atoms with Gasteiger partial charge in [-0.25, -0.2) is 0 Å². The van der Waals surface area contributed by atoms with Gasteiger partial charge in [-0.05, 0) is 52.7 Å². The van der Waals surface area contributed by atoms with Gasteiger partial charge in [-0.1, -0.05) is 48.5 Å². The maximum absolute atomic E-state index is 5.76. The van der Waals surface area contributed by atoms with Crippen LogP contribution in [0.2, 0.25) is 0 Å².